The van der Waals surface area contributed by atoms with Crippen LogP contribution in [0.2, 0.25) is 0 Å². The van der Waals surface area contributed by atoms with Crippen LogP contribution in [0.3, 0.4) is 0 Å². The predicted molar refractivity (Wildman–Crippen MR) is 64.1 cm³/mol. The lowest BCUT2D eigenvalue weighted by atomic mass is 10.0. The highest BCUT2D eigenvalue weighted by Gasteiger charge is 2.32. The molecule has 0 radical (unpaired) electrons. The summed E-state index contributed by atoms with van der Waals surface area (Å²) in [4.78, 5) is 21.6. The Morgan fingerprint density at radius 1 is 1.39 bits per heavy atom. The molecule has 5 heteroatoms. The minimum absolute atomic E-state index is 0.240. The van der Waals surface area contributed by atoms with Crippen LogP contribution >= 0.6 is 0 Å². The van der Waals surface area contributed by atoms with Crippen molar-refractivity contribution in [3.05, 3.63) is 48.0 Å². The Kier molecular flexibility index (Phi) is 3.62. The number of hydrogen-bond donors (Lipinski definition) is 2. The Morgan fingerprint density at radius 3 is 2.78 bits per heavy atom. The zero-order valence-corrected chi connectivity index (χ0v) is 9.58. The van der Waals surface area contributed by atoms with Crippen molar-refractivity contribution >= 4 is 12.1 Å². The van der Waals surface area contributed by atoms with Crippen molar-refractivity contribution in [3.8, 4) is 0 Å². The van der Waals surface area contributed by atoms with Gasteiger partial charge in [0.05, 0.1) is 6.04 Å². The molecule has 2 rings (SSSR count). The molecule has 1 fully saturated rings. The van der Waals surface area contributed by atoms with E-state index in [-0.39, 0.29) is 6.04 Å². The molecule has 1 aromatic carbocycles. The van der Waals surface area contributed by atoms with Gasteiger partial charge in [0.2, 0.25) is 0 Å². The smallest absolute Gasteiger partial charge is 0.408 e. The Bertz CT molecular complexity index is 469. The second kappa shape index (κ2) is 5.35. The van der Waals surface area contributed by atoms with Crippen LogP contribution in [0.25, 0.3) is 0 Å². The van der Waals surface area contributed by atoms with Crippen molar-refractivity contribution in [1.82, 2.24) is 5.32 Å². The molecule has 0 aliphatic carbocycles. The largest absolute Gasteiger partial charge is 0.478 e. The molecule has 0 bridgehead atoms. The molecular formula is C13H13NO4. The second-order valence-electron chi connectivity index (χ2n) is 4.01. The van der Waals surface area contributed by atoms with Crippen LogP contribution < -0.4 is 5.32 Å². The highest BCUT2D eigenvalue weighted by Crippen LogP contribution is 2.15. The van der Waals surface area contributed by atoms with Gasteiger partial charge in [0.25, 0.3) is 0 Å². The average molecular weight is 247 g/mol. The molecule has 0 unspecified atom stereocenters. The molecule has 0 aromatic heterocycles. The summed E-state index contributed by atoms with van der Waals surface area (Å²) in [6.45, 7) is 0. The Morgan fingerprint density at radius 2 is 2.11 bits per heavy atom. The van der Waals surface area contributed by atoms with E-state index in [4.69, 9.17) is 9.84 Å². The van der Waals surface area contributed by atoms with E-state index in [1.807, 2.05) is 30.3 Å². The molecule has 1 aromatic rings. The number of aliphatic carboxylic acids is 1. The maximum absolute atomic E-state index is 11.2. The topological polar surface area (TPSA) is 75.6 Å². The summed E-state index contributed by atoms with van der Waals surface area (Å²) >= 11 is 0. The Balaban J connectivity index is 2.05. The third kappa shape index (κ3) is 3.10. The van der Waals surface area contributed by atoms with Crippen LogP contribution in [0.1, 0.15) is 5.56 Å². The number of amides is 1. The number of carboxylic acid groups (broad SMARTS) is 1. The molecule has 0 spiro atoms. The first-order valence-corrected chi connectivity index (χ1v) is 5.57. The van der Waals surface area contributed by atoms with Gasteiger partial charge >= 0.3 is 12.1 Å². The summed E-state index contributed by atoms with van der Waals surface area (Å²) in [6.07, 6.45) is 1.91. The number of carbonyl (C=O) groups is 2. The third-order valence-electron chi connectivity index (χ3n) is 2.67. The summed E-state index contributed by atoms with van der Waals surface area (Å²) in [5.41, 5.74) is 1.06. The summed E-state index contributed by atoms with van der Waals surface area (Å²) in [6, 6.07) is 9.39. The number of carbonyl (C=O) groups excluding carboxylic acids is 1. The van der Waals surface area contributed by atoms with E-state index in [0.717, 1.165) is 11.6 Å². The van der Waals surface area contributed by atoms with Crippen molar-refractivity contribution in [2.45, 2.75) is 18.6 Å². The van der Waals surface area contributed by atoms with Gasteiger partial charge in [-0.05, 0) is 18.1 Å². The molecule has 94 valence electrons. The summed E-state index contributed by atoms with van der Waals surface area (Å²) in [7, 11) is 0. The van der Waals surface area contributed by atoms with E-state index in [0.29, 0.717) is 6.42 Å². The van der Waals surface area contributed by atoms with Crippen LogP contribution in [0.4, 0.5) is 4.79 Å². The molecule has 18 heavy (non-hydrogen) atoms. The molecule has 1 aliphatic rings. The lowest BCUT2D eigenvalue weighted by Gasteiger charge is -2.13. The maximum atomic E-state index is 11.2. The van der Waals surface area contributed by atoms with E-state index in [1.54, 1.807) is 0 Å². The number of carboxylic acids is 1. The molecule has 1 aliphatic heterocycles. The highest BCUT2D eigenvalue weighted by atomic mass is 16.6. The Hall–Kier alpha value is -2.30. The summed E-state index contributed by atoms with van der Waals surface area (Å²) in [5.74, 6) is -1.06. The van der Waals surface area contributed by atoms with Crippen molar-refractivity contribution in [2.75, 3.05) is 0 Å². The van der Waals surface area contributed by atoms with Gasteiger partial charge in [0.15, 0.2) is 0 Å². The van der Waals surface area contributed by atoms with Gasteiger partial charge in [-0.3, -0.25) is 0 Å². The van der Waals surface area contributed by atoms with Crippen LogP contribution in [-0.2, 0) is 16.0 Å². The number of ether oxygens (including phenoxy) is 1. The minimum Gasteiger partial charge on any atom is -0.478 e. The molecule has 5 nitrogen and oxygen atoms in total. The number of alkyl carbamates (subject to hydrolysis) is 1. The average Bonchev–Trinajstić information content (AvgIpc) is 2.68. The van der Waals surface area contributed by atoms with Crippen LogP contribution in [-0.4, -0.2) is 29.3 Å². The lowest BCUT2D eigenvalue weighted by molar-refractivity contribution is -0.131. The normalized spacial score (nSPS) is 22.8. The summed E-state index contributed by atoms with van der Waals surface area (Å²) < 4.78 is 5.00. The van der Waals surface area contributed by atoms with Gasteiger partial charge in [-0.25, -0.2) is 9.59 Å². The van der Waals surface area contributed by atoms with E-state index in [1.165, 1.54) is 6.08 Å². The first kappa shape index (κ1) is 12.2. The van der Waals surface area contributed by atoms with Crippen molar-refractivity contribution in [3.63, 3.8) is 0 Å². The number of cyclic esters (lactones) is 1. The van der Waals surface area contributed by atoms with Crippen molar-refractivity contribution < 1.29 is 19.4 Å². The zero-order valence-electron chi connectivity index (χ0n) is 9.58. The SMILES string of the molecule is O=C(O)/C=C/[C@@H]1OC(=O)N[C@H]1Cc1ccccc1. The lowest BCUT2D eigenvalue weighted by Crippen LogP contribution is -2.32. The quantitative estimate of drug-likeness (QED) is 0.787. The van der Waals surface area contributed by atoms with Crippen molar-refractivity contribution in [1.29, 1.82) is 0 Å². The fourth-order valence-corrected chi connectivity index (χ4v) is 1.86. The molecule has 2 atom stereocenters. The zero-order chi connectivity index (χ0) is 13.0. The standard InChI is InChI=1S/C13H13NO4/c15-12(16)7-6-11-10(14-13(17)18-11)8-9-4-2-1-3-5-9/h1-7,10-11H,8H2,(H,14,17)(H,15,16)/b7-6+/t10-,11-/m0/s1. The summed E-state index contributed by atoms with van der Waals surface area (Å²) in [5, 5.41) is 11.2. The van der Waals surface area contributed by atoms with Crippen molar-refractivity contribution in [2.24, 2.45) is 0 Å². The highest BCUT2D eigenvalue weighted by molar-refractivity contribution is 5.80. The van der Waals surface area contributed by atoms with Crippen LogP contribution in [0.5, 0.6) is 0 Å². The monoisotopic (exact) mass is 247 g/mol. The first-order chi connectivity index (χ1) is 8.65. The number of benzene rings is 1. The fourth-order valence-electron chi connectivity index (χ4n) is 1.86. The minimum atomic E-state index is -1.06. The predicted octanol–water partition coefficient (Wildman–Crippen LogP) is 1.35. The number of rotatable bonds is 4. The second-order valence-corrected chi connectivity index (χ2v) is 4.01. The number of nitrogens with one attached hydrogen (secondary N) is 1. The van der Waals surface area contributed by atoms with E-state index < -0.39 is 18.2 Å². The van der Waals surface area contributed by atoms with Gasteiger partial charge in [0.1, 0.15) is 6.10 Å². The third-order valence-corrected chi connectivity index (χ3v) is 2.67. The molecule has 1 saturated heterocycles. The molecule has 1 heterocycles. The Labute approximate surface area is 104 Å². The van der Waals surface area contributed by atoms with E-state index in [9.17, 15) is 9.59 Å². The fraction of sp³-hybridized carbons (Fsp3) is 0.231. The first-order valence-electron chi connectivity index (χ1n) is 5.57. The van der Waals surface area contributed by atoms with Gasteiger partial charge in [-0.15, -0.1) is 0 Å². The van der Waals surface area contributed by atoms with E-state index in [2.05, 4.69) is 5.32 Å². The molecule has 0 saturated carbocycles. The molecule has 1 amide bonds. The number of hydrogen-bond acceptors (Lipinski definition) is 3. The molecular weight excluding hydrogens is 234 g/mol. The maximum Gasteiger partial charge on any atom is 0.408 e. The van der Waals surface area contributed by atoms with Gasteiger partial charge in [-0.2, -0.15) is 0 Å². The van der Waals surface area contributed by atoms with E-state index >= 15 is 0 Å². The van der Waals surface area contributed by atoms with Crippen LogP contribution in [0.15, 0.2) is 42.5 Å². The van der Waals surface area contributed by atoms with Gasteiger partial charge in [0, 0.05) is 6.08 Å². The van der Waals surface area contributed by atoms with Gasteiger partial charge < -0.3 is 15.2 Å². The van der Waals surface area contributed by atoms with Gasteiger partial charge in [-0.1, -0.05) is 30.3 Å². The van der Waals surface area contributed by atoms with Crippen LogP contribution in [0, 0.1) is 0 Å². The molecule has 2 N–H and O–H groups in total.